The second-order valence-electron chi connectivity index (χ2n) is 4.01. The third-order valence-electron chi connectivity index (χ3n) is 2.87. The molecular formula is C14H11Cl4N. The molecule has 0 atom stereocenters. The van der Waals surface area contributed by atoms with Gasteiger partial charge in [0.05, 0.1) is 26.1 Å². The molecule has 0 aliphatic heterocycles. The number of rotatable bonds is 3. The molecule has 19 heavy (non-hydrogen) atoms. The zero-order chi connectivity index (χ0) is 14.0. The molecule has 2 aromatic rings. The molecule has 5 heteroatoms. The Hall–Kier alpha value is -0.440. The number of benzene rings is 2. The van der Waals surface area contributed by atoms with Crippen LogP contribution in [0.1, 0.15) is 17.2 Å². The van der Waals surface area contributed by atoms with Crippen LogP contribution in [-0.2, 0) is 0 Å². The molecule has 0 radical (unpaired) electrons. The van der Waals surface area contributed by atoms with E-state index in [2.05, 4.69) is 5.32 Å². The fraction of sp³-hybridized carbons (Fsp3) is 0.143. The van der Waals surface area contributed by atoms with Crippen LogP contribution in [0.2, 0.25) is 20.1 Å². The van der Waals surface area contributed by atoms with Crippen molar-refractivity contribution in [1.82, 2.24) is 5.32 Å². The molecule has 0 aliphatic carbocycles. The first-order valence-corrected chi connectivity index (χ1v) is 7.12. The van der Waals surface area contributed by atoms with E-state index in [-0.39, 0.29) is 6.04 Å². The van der Waals surface area contributed by atoms with Gasteiger partial charge in [-0.2, -0.15) is 0 Å². The molecule has 0 heterocycles. The molecule has 0 bridgehead atoms. The van der Waals surface area contributed by atoms with Crippen LogP contribution in [0, 0.1) is 0 Å². The lowest BCUT2D eigenvalue weighted by molar-refractivity contribution is 0.692. The van der Waals surface area contributed by atoms with E-state index in [1.165, 1.54) is 0 Å². The van der Waals surface area contributed by atoms with Gasteiger partial charge in [-0.1, -0.05) is 70.7 Å². The van der Waals surface area contributed by atoms with E-state index in [0.717, 1.165) is 11.1 Å². The zero-order valence-corrected chi connectivity index (χ0v) is 13.1. The molecule has 0 amide bonds. The quantitative estimate of drug-likeness (QED) is 0.769. The van der Waals surface area contributed by atoms with Gasteiger partial charge in [0.25, 0.3) is 0 Å². The zero-order valence-electron chi connectivity index (χ0n) is 10.1. The van der Waals surface area contributed by atoms with Crippen molar-refractivity contribution in [3.63, 3.8) is 0 Å². The van der Waals surface area contributed by atoms with E-state index in [4.69, 9.17) is 46.4 Å². The summed E-state index contributed by atoms with van der Waals surface area (Å²) in [4.78, 5) is 0. The van der Waals surface area contributed by atoms with Gasteiger partial charge in [0.15, 0.2) is 0 Å². The first kappa shape index (κ1) is 15.0. The lowest BCUT2D eigenvalue weighted by atomic mass is 9.98. The van der Waals surface area contributed by atoms with Gasteiger partial charge < -0.3 is 5.32 Å². The van der Waals surface area contributed by atoms with Crippen molar-refractivity contribution in [2.75, 3.05) is 7.05 Å². The smallest absolute Gasteiger partial charge is 0.0643 e. The summed E-state index contributed by atoms with van der Waals surface area (Å²) in [6, 6.07) is 10.9. The van der Waals surface area contributed by atoms with Gasteiger partial charge in [-0.3, -0.25) is 0 Å². The van der Waals surface area contributed by atoms with Crippen molar-refractivity contribution in [2.24, 2.45) is 0 Å². The van der Waals surface area contributed by atoms with Crippen molar-refractivity contribution in [3.8, 4) is 0 Å². The highest BCUT2D eigenvalue weighted by Gasteiger charge is 2.20. The molecule has 100 valence electrons. The molecule has 0 saturated carbocycles. The molecule has 0 unspecified atom stereocenters. The largest absolute Gasteiger partial charge is 0.309 e. The first-order chi connectivity index (χ1) is 9.06. The van der Waals surface area contributed by atoms with E-state index in [0.29, 0.717) is 20.1 Å². The van der Waals surface area contributed by atoms with Gasteiger partial charge in [-0.05, 0) is 30.3 Å². The van der Waals surface area contributed by atoms with E-state index in [1.54, 1.807) is 12.1 Å². The van der Waals surface area contributed by atoms with Crippen molar-refractivity contribution in [3.05, 3.63) is 67.6 Å². The van der Waals surface area contributed by atoms with Crippen molar-refractivity contribution in [1.29, 1.82) is 0 Å². The Balaban J connectivity index is 2.57. The van der Waals surface area contributed by atoms with Gasteiger partial charge in [-0.15, -0.1) is 0 Å². The van der Waals surface area contributed by atoms with Gasteiger partial charge in [0.1, 0.15) is 0 Å². The minimum absolute atomic E-state index is 0.169. The van der Waals surface area contributed by atoms with Crippen LogP contribution < -0.4 is 5.32 Å². The molecule has 1 nitrogen and oxygen atoms in total. The Morgan fingerprint density at radius 1 is 0.789 bits per heavy atom. The fourth-order valence-corrected chi connectivity index (χ4v) is 2.80. The van der Waals surface area contributed by atoms with Crippen LogP contribution in [0.4, 0.5) is 0 Å². The van der Waals surface area contributed by atoms with Gasteiger partial charge in [0.2, 0.25) is 0 Å². The maximum atomic E-state index is 6.26. The Kier molecular flexibility index (Phi) is 4.99. The Labute approximate surface area is 132 Å². The predicted octanol–water partition coefficient (Wildman–Crippen LogP) is 5.61. The Morgan fingerprint density at radius 3 is 1.58 bits per heavy atom. The highest BCUT2D eigenvalue weighted by atomic mass is 35.5. The molecule has 0 fully saturated rings. The van der Waals surface area contributed by atoms with Crippen molar-refractivity contribution >= 4 is 46.4 Å². The third-order valence-corrected chi connectivity index (χ3v) is 4.54. The van der Waals surface area contributed by atoms with E-state index in [9.17, 15) is 0 Å². The summed E-state index contributed by atoms with van der Waals surface area (Å²) in [5, 5.41) is 5.23. The van der Waals surface area contributed by atoms with Crippen LogP contribution in [0.3, 0.4) is 0 Å². The highest BCUT2D eigenvalue weighted by Crippen LogP contribution is 2.37. The molecule has 0 saturated heterocycles. The topological polar surface area (TPSA) is 12.0 Å². The third kappa shape index (κ3) is 3.01. The average Bonchev–Trinajstić information content (AvgIpc) is 2.40. The highest BCUT2D eigenvalue weighted by molar-refractivity contribution is 6.43. The van der Waals surface area contributed by atoms with Gasteiger partial charge in [0, 0.05) is 0 Å². The number of nitrogens with one attached hydrogen (secondary N) is 1. The monoisotopic (exact) mass is 333 g/mol. The lowest BCUT2D eigenvalue weighted by Crippen LogP contribution is -2.18. The van der Waals surface area contributed by atoms with Crippen molar-refractivity contribution < 1.29 is 0 Å². The molecule has 0 aromatic heterocycles. The Morgan fingerprint density at radius 2 is 1.21 bits per heavy atom. The summed E-state index contributed by atoms with van der Waals surface area (Å²) < 4.78 is 0. The standard InChI is InChI=1S/C14H11Cl4N/c1-19-14(8-4-2-6-10(15)12(8)17)9-5-3-7-11(16)13(9)18/h2-7,14,19H,1H3. The summed E-state index contributed by atoms with van der Waals surface area (Å²) in [6.07, 6.45) is 0. The molecule has 0 aliphatic rings. The van der Waals surface area contributed by atoms with E-state index in [1.807, 2.05) is 31.3 Å². The summed E-state index contributed by atoms with van der Waals surface area (Å²) in [7, 11) is 1.83. The maximum Gasteiger partial charge on any atom is 0.0643 e. The van der Waals surface area contributed by atoms with E-state index >= 15 is 0 Å². The van der Waals surface area contributed by atoms with Crippen LogP contribution in [-0.4, -0.2) is 7.05 Å². The SMILES string of the molecule is CNC(c1cccc(Cl)c1Cl)c1cccc(Cl)c1Cl. The second kappa shape index (κ2) is 6.34. The molecular weight excluding hydrogens is 324 g/mol. The molecule has 2 aromatic carbocycles. The van der Waals surface area contributed by atoms with Gasteiger partial charge >= 0.3 is 0 Å². The lowest BCUT2D eigenvalue weighted by Gasteiger charge is -2.20. The minimum atomic E-state index is -0.169. The summed E-state index contributed by atoms with van der Waals surface area (Å²) in [6.45, 7) is 0. The Bertz CT molecular complexity index is 546. The number of hydrogen-bond acceptors (Lipinski definition) is 1. The van der Waals surface area contributed by atoms with E-state index < -0.39 is 0 Å². The van der Waals surface area contributed by atoms with Gasteiger partial charge in [-0.25, -0.2) is 0 Å². The van der Waals surface area contributed by atoms with Crippen LogP contribution in [0.25, 0.3) is 0 Å². The predicted molar refractivity (Wildman–Crippen MR) is 83.8 cm³/mol. The summed E-state index contributed by atoms with van der Waals surface area (Å²) in [5.74, 6) is 0. The second-order valence-corrected chi connectivity index (χ2v) is 5.58. The normalized spacial score (nSPS) is 11.1. The van der Waals surface area contributed by atoms with Crippen LogP contribution in [0.15, 0.2) is 36.4 Å². The number of hydrogen-bond donors (Lipinski definition) is 1. The molecule has 2 rings (SSSR count). The minimum Gasteiger partial charge on any atom is -0.309 e. The number of halogens is 4. The maximum absolute atomic E-state index is 6.26. The summed E-state index contributed by atoms with van der Waals surface area (Å²) >= 11 is 24.6. The summed E-state index contributed by atoms with van der Waals surface area (Å²) in [5.41, 5.74) is 1.72. The molecule has 1 N–H and O–H groups in total. The van der Waals surface area contributed by atoms with Crippen LogP contribution >= 0.6 is 46.4 Å². The average molecular weight is 335 g/mol. The van der Waals surface area contributed by atoms with Crippen molar-refractivity contribution in [2.45, 2.75) is 6.04 Å². The van der Waals surface area contributed by atoms with Crippen LogP contribution in [0.5, 0.6) is 0 Å². The first-order valence-electron chi connectivity index (χ1n) is 5.61. The fourth-order valence-electron chi connectivity index (χ4n) is 1.97. The molecule has 0 spiro atoms.